The Bertz CT molecular complexity index is 986. The molecular weight excluding hydrogens is 466 g/mol. The normalized spacial score (nSPS) is 19.0. The molecule has 2 aromatic carbocycles. The van der Waals surface area contributed by atoms with Crippen LogP contribution in [0.2, 0.25) is 0 Å². The third kappa shape index (κ3) is 7.52. The fourth-order valence-electron chi connectivity index (χ4n) is 4.09. The number of hydrogen-bond acceptors (Lipinski definition) is 7. The van der Waals surface area contributed by atoms with Crippen LogP contribution in [0.25, 0.3) is 0 Å². The Balaban J connectivity index is 1.87. The van der Waals surface area contributed by atoms with Crippen LogP contribution in [0.4, 0.5) is 0 Å². The largest absolute Gasteiger partial charge is 0.497 e. The second kappa shape index (κ2) is 12.5. The van der Waals surface area contributed by atoms with E-state index in [4.69, 9.17) is 14.2 Å². The van der Waals surface area contributed by atoms with Crippen LogP contribution in [-0.2, 0) is 27.8 Å². The molecule has 2 N–H and O–H groups in total. The predicted octanol–water partition coefficient (Wildman–Crippen LogP) is 3.95. The second-order valence-electron chi connectivity index (χ2n) is 8.86. The average molecular weight is 504 g/mol. The molecule has 1 heterocycles. The van der Waals surface area contributed by atoms with E-state index in [9.17, 15) is 8.42 Å². The number of hydrazine groups is 1. The molecule has 0 bridgehead atoms. The van der Waals surface area contributed by atoms with Gasteiger partial charge in [-0.15, -0.1) is 6.58 Å². The molecule has 9 heteroatoms. The topological polar surface area (TPSA) is 89.1 Å². The maximum Gasteiger partial charge on any atom is 0.217 e. The van der Waals surface area contributed by atoms with Gasteiger partial charge in [0.1, 0.15) is 24.0 Å². The van der Waals surface area contributed by atoms with E-state index in [1.165, 1.54) is 0 Å². The molecule has 192 valence electrons. The highest BCUT2D eigenvalue weighted by atomic mass is 32.2. The van der Waals surface area contributed by atoms with Crippen LogP contribution < -0.4 is 20.3 Å². The number of ether oxygens (including phenoxy) is 3. The molecule has 0 aliphatic carbocycles. The summed E-state index contributed by atoms with van der Waals surface area (Å²) in [6.07, 6.45) is 3.90. The molecule has 1 fully saturated rings. The van der Waals surface area contributed by atoms with Crippen molar-refractivity contribution in [3.8, 4) is 11.5 Å². The Kier molecular flexibility index (Phi) is 9.71. The van der Waals surface area contributed by atoms with Gasteiger partial charge >= 0.3 is 0 Å². The first-order valence-corrected chi connectivity index (χ1v) is 13.3. The average Bonchev–Trinajstić information content (AvgIpc) is 3.30. The highest BCUT2D eigenvalue weighted by Crippen LogP contribution is 2.28. The van der Waals surface area contributed by atoms with Gasteiger partial charge in [0.2, 0.25) is 10.0 Å². The molecule has 3 rings (SSSR count). The molecule has 0 radical (unpaired) electrons. The van der Waals surface area contributed by atoms with Crippen LogP contribution >= 0.6 is 0 Å². The molecule has 35 heavy (non-hydrogen) atoms. The van der Waals surface area contributed by atoms with E-state index in [2.05, 4.69) is 17.4 Å². The van der Waals surface area contributed by atoms with Crippen molar-refractivity contribution in [2.45, 2.75) is 56.7 Å². The van der Waals surface area contributed by atoms with Crippen molar-refractivity contribution in [2.75, 3.05) is 21.0 Å². The lowest BCUT2D eigenvalue weighted by atomic mass is 10.1. The number of sulfonamides is 1. The van der Waals surface area contributed by atoms with Gasteiger partial charge < -0.3 is 14.2 Å². The van der Waals surface area contributed by atoms with E-state index in [1.807, 2.05) is 55.5 Å². The summed E-state index contributed by atoms with van der Waals surface area (Å²) in [6.45, 7) is 6.64. The van der Waals surface area contributed by atoms with Crippen molar-refractivity contribution < 1.29 is 22.6 Å². The van der Waals surface area contributed by atoms with Gasteiger partial charge in [0, 0.05) is 13.1 Å². The van der Waals surface area contributed by atoms with Gasteiger partial charge in [-0.25, -0.2) is 19.3 Å². The van der Waals surface area contributed by atoms with Crippen LogP contribution in [0.1, 0.15) is 43.7 Å². The van der Waals surface area contributed by atoms with Crippen molar-refractivity contribution in [2.24, 2.45) is 0 Å². The van der Waals surface area contributed by atoms with Crippen molar-refractivity contribution >= 4 is 10.0 Å². The molecule has 1 aliphatic rings. The Labute approximate surface area is 209 Å². The van der Waals surface area contributed by atoms with E-state index in [0.717, 1.165) is 22.6 Å². The maximum atomic E-state index is 14.1. The molecule has 8 nitrogen and oxygen atoms in total. The first-order valence-electron chi connectivity index (χ1n) is 11.8. The molecule has 0 amide bonds. The maximum absolute atomic E-state index is 14.1. The van der Waals surface area contributed by atoms with Gasteiger partial charge in [-0.2, -0.15) is 4.31 Å². The van der Waals surface area contributed by atoms with E-state index in [0.29, 0.717) is 32.4 Å². The molecule has 1 saturated heterocycles. The molecular formula is C26H37N3O5S. The number of rotatable bonds is 14. The van der Waals surface area contributed by atoms with E-state index in [-0.39, 0.29) is 13.1 Å². The van der Waals surface area contributed by atoms with Crippen LogP contribution in [-0.4, -0.2) is 44.6 Å². The Hall–Kier alpha value is -2.43. The number of nitrogens with zero attached hydrogens (tertiary/aromatic N) is 1. The fraction of sp³-hybridized carbons (Fsp3) is 0.462. The summed E-state index contributed by atoms with van der Waals surface area (Å²) in [5.41, 5.74) is 7.24. The molecule has 0 saturated carbocycles. The number of methoxy groups -OCH3 is 2. The van der Waals surface area contributed by atoms with Crippen molar-refractivity contribution in [3.05, 3.63) is 72.3 Å². The quantitative estimate of drug-likeness (QED) is 0.377. The Morgan fingerprint density at radius 3 is 2.00 bits per heavy atom. The smallest absolute Gasteiger partial charge is 0.217 e. The molecule has 0 spiro atoms. The van der Waals surface area contributed by atoms with E-state index >= 15 is 0 Å². The number of hydrogen-bond donors (Lipinski definition) is 2. The molecule has 2 aromatic rings. The zero-order chi connectivity index (χ0) is 25.3. The molecule has 2 atom stereocenters. The summed E-state index contributed by atoms with van der Waals surface area (Å²) < 4.78 is 45.9. The van der Waals surface area contributed by atoms with Gasteiger partial charge in [-0.05, 0) is 68.0 Å². The molecule has 1 aliphatic heterocycles. The Morgan fingerprint density at radius 1 is 1.03 bits per heavy atom. The number of nitrogens with one attached hydrogen (secondary N) is 2. The lowest BCUT2D eigenvalue weighted by molar-refractivity contribution is -0.00246. The van der Waals surface area contributed by atoms with Crippen molar-refractivity contribution in [3.63, 3.8) is 0 Å². The molecule has 1 unspecified atom stereocenters. The lowest BCUT2D eigenvalue weighted by Gasteiger charge is -2.30. The monoisotopic (exact) mass is 503 g/mol. The fourth-order valence-corrected chi connectivity index (χ4v) is 6.02. The third-order valence-electron chi connectivity index (χ3n) is 6.27. The standard InChI is InChI=1S/C26H37N3O5S/c1-5-6-7-25(16-17-26(2)28-27-20-34-26)35(30,31)29(18-21-8-12-23(32-3)13-9-21)19-22-10-14-24(33-4)15-11-22/h5,8-15,25,27-28H,1,6-7,16-20H2,2-4H3/t25-,26?/m0/s1. The van der Waals surface area contributed by atoms with Crippen molar-refractivity contribution in [1.29, 1.82) is 0 Å². The van der Waals surface area contributed by atoms with Crippen LogP contribution in [0.3, 0.4) is 0 Å². The van der Waals surface area contributed by atoms with Gasteiger partial charge in [0.15, 0.2) is 0 Å². The number of allylic oxidation sites excluding steroid dienone is 1. The van der Waals surface area contributed by atoms with Crippen LogP contribution in [0, 0.1) is 0 Å². The zero-order valence-corrected chi connectivity index (χ0v) is 21.6. The highest BCUT2D eigenvalue weighted by Gasteiger charge is 2.36. The molecule has 0 aromatic heterocycles. The van der Waals surface area contributed by atoms with Gasteiger partial charge in [-0.1, -0.05) is 30.3 Å². The second-order valence-corrected chi connectivity index (χ2v) is 11.1. The summed E-state index contributed by atoms with van der Waals surface area (Å²) in [5, 5.41) is -0.570. The van der Waals surface area contributed by atoms with Gasteiger partial charge in [-0.3, -0.25) is 0 Å². The van der Waals surface area contributed by atoms with Crippen molar-refractivity contribution in [1.82, 2.24) is 15.2 Å². The SMILES string of the molecule is C=CCC[C@@H](CCC1(C)NNCO1)S(=O)(=O)N(Cc1ccc(OC)cc1)Cc1ccc(OC)cc1. The van der Waals surface area contributed by atoms with E-state index in [1.54, 1.807) is 24.6 Å². The Morgan fingerprint density at radius 2 is 1.57 bits per heavy atom. The number of benzene rings is 2. The van der Waals surface area contributed by atoms with Gasteiger partial charge in [0.25, 0.3) is 0 Å². The van der Waals surface area contributed by atoms with Crippen LogP contribution in [0.15, 0.2) is 61.2 Å². The minimum atomic E-state index is -3.66. The first kappa shape index (κ1) is 27.2. The minimum absolute atomic E-state index is 0.260. The summed E-state index contributed by atoms with van der Waals surface area (Å²) in [4.78, 5) is 0. The first-order chi connectivity index (χ1) is 16.8. The van der Waals surface area contributed by atoms with Crippen LogP contribution in [0.5, 0.6) is 11.5 Å². The van der Waals surface area contributed by atoms with Gasteiger partial charge in [0.05, 0.1) is 19.5 Å². The predicted molar refractivity (Wildman–Crippen MR) is 137 cm³/mol. The summed E-state index contributed by atoms with van der Waals surface area (Å²) >= 11 is 0. The summed E-state index contributed by atoms with van der Waals surface area (Å²) in [6, 6.07) is 15.0. The lowest BCUT2D eigenvalue weighted by Crippen LogP contribution is -2.44. The summed E-state index contributed by atoms with van der Waals surface area (Å²) in [5.74, 6) is 1.46. The zero-order valence-electron chi connectivity index (χ0n) is 20.8. The summed E-state index contributed by atoms with van der Waals surface area (Å²) in [7, 11) is -0.443. The van der Waals surface area contributed by atoms with E-state index < -0.39 is 21.0 Å². The highest BCUT2D eigenvalue weighted by molar-refractivity contribution is 7.89. The third-order valence-corrected chi connectivity index (χ3v) is 8.56. The minimum Gasteiger partial charge on any atom is -0.497 e.